The summed E-state index contributed by atoms with van der Waals surface area (Å²) >= 11 is 5.70. The van der Waals surface area contributed by atoms with Crippen molar-refractivity contribution in [3.63, 3.8) is 0 Å². The van der Waals surface area contributed by atoms with Gasteiger partial charge in [0, 0.05) is 10.7 Å². The Balaban J connectivity index is 2.79. The summed E-state index contributed by atoms with van der Waals surface area (Å²) in [4.78, 5) is 28.5. The molecule has 0 saturated carbocycles. The molecule has 10 heteroatoms. The van der Waals surface area contributed by atoms with Gasteiger partial charge in [0.1, 0.15) is 19.2 Å². The van der Waals surface area contributed by atoms with Crippen LogP contribution >= 0.6 is 11.6 Å². The first-order chi connectivity index (χ1) is 10.5. The fraction of sp³-hybridized carbons (Fsp3) is 0.385. The molecule has 1 atom stereocenters. The van der Waals surface area contributed by atoms with E-state index in [4.69, 9.17) is 17.3 Å². The zero-order chi connectivity index (χ0) is 17.8. The largest absolute Gasteiger partial charge is 0.408 e. The quantitative estimate of drug-likeness (QED) is 0.577. The van der Waals surface area contributed by atoms with Crippen LogP contribution in [-0.2, 0) is 14.4 Å². The molecular weight excluding hydrogens is 339 g/mol. The number of carbonyl (C=O) groups is 2. The first kappa shape index (κ1) is 19.0. The average molecular weight is 354 g/mol. The Labute approximate surface area is 135 Å². The summed E-state index contributed by atoms with van der Waals surface area (Å²) < 4.78 is 36.8. The highest BCUT2D eigenvalue weighted by Crippen LogP contribution is 2.20. The molecule has 0 aromatic carbocycles. The van der Waals surface area contributed by atoms with Crippen molar-refractivity contribution in [3.8, 4) is 0 Å². The average Bonchev–Trinajstić information content (AvgIpc) is 2.75. The van der Waals surface area contributed by atoms with E-state index in [1.165, 1.54) is 12.2 Å². The molecule has 128 valence electrons. The molecule has 6 nitrogen and oxygen atoms in total. The van der Waals surface area contributed by atoms with Gasteiger partial charge < -0.3 is 11.1 Å². The van der Waals surface area contributed by atoms with Crippen molar-refractivity contribution >= 4 is 23.4 Å². The van der Waals surface area contributed by atoms with Crippen LogP contribution in [0.25, 0.3) is 0 Å². The van der Waals surface area contributed by atoms with Crippen molar-refractivity contribution in [2.75, 3.05) is 13.2 Å². The Kier molecular flexibility index (Phi) is 6.22. The van der Waals surface area contributed by atoms with Gasteiger partial charge in [0.05, 0.1) is 5.57 Å². The van der Waals surface area contributed by atoms with Gasteiger partial charge in [-0.25, -0.2) is 5.06 Å². The van der Waals surface area contributed by atoms with Crippen LogP contribution in [0.5, 0.6) is 0 Å². The van der Waals surface area contributed by atoms with E-state index >= 15 is 0 Å². The van der Waals surface area contributed by atoms with Crippen molar-refractivity contribution in [1.29, 1.82) is 0 Å². The van der Waals surface area contributed by atoms with Crippen molar-refractivity contribution < 1.29 is 27.6 Å². The summed E-state index contributed by atoms with van der Waals surface area (Å²) in [6.45, 7) is 3.05. The number of hydroxylamine groups is 2. The SMILES string of the molecule is C=C(Cl)/C(=C\C(N)=C/C)C(=O)N[C@@H]1CON(CC(F)(F)F)C1=O. The van der Waals surface area contributed by atoms with Crippen LogP contribution in [0.3, 0.4) is 0 Å². The lowest BCUT2D eigenvalue weighted by Gasteiger charge is -2.16. The highest BCUT2D eigenvalue weighted by molar-refractivity contribution is 6.35. The van der Waals surface area contributed by atoms with E-state index in [1.54, 1.807) is 6.92 Å². The van der Waals surface area contributed by atoms with Crippen LogP contribution in [0.4, 0.5) is 13.2 Å². The van der Waals surface area contributed by atoms with Gasteiger partial charge in [-0.2, -0.15) is 13.2 Å². The third kappa shape index (κ3) is 5.61. The van der Waals surface area contributed by atoms with E-state index in [-0.39, 0.29) is 21.4 Å². The molecule has 1 saturated heterocycles. The maximum atomic E-state index is 12.3. The highest BCUT2D eigenvalue weighted by Gasteiger charge is 2.41. The van der Waals surface area contributed by atoms with E-state index in [0.717, 1.165) is 0 Å². The highest BCUT2D eigenvalue weighted by atomic mass is 35.5. The first-order valence-corrected chi connectivity index (χ1v) is 6.73. The lowest BCUT2D eigenvalue weighted by molar-refractivity contribution is -0.214. The Hall–Kier alpha value is -2.00. The predicted octanol–water partition coefficient (Wildman–Crippen LogP) is 1.35. The van der Waals surface area contributed by atoms with Gasteiger partial charge in [-0.3, -0.25) is 14.4 Å². The Morgan fingerprint density at radius 1 is 1.61 bits per heavy atom. The zero-order valence-electron chi connectivity index (χ0n) is 12.1. The number of alkyl halides is 3. The van der Waals surface area contributed by atoms with E-state index in [9.17, 15) is 22.8 Å². The van der Waals surface area contributed by atoms with Gasteiger partial charge in [0.2, 0.25) is 0 Å². The number of hydrogen-bond donors (Lipinski definition) is 2. The van der Waals surface area contributed by atoms with E-state index in [1.807, 2.05) is 0 Å². The second kappa shape index (κ2) is 7.51. The van der Waals surface area contributed by atoms with Crippen LogP contribution in [0, 0.1) is 0 Å². The van der Waals surface area contributed by atoms with Gasteiger partial charge in [-0.15, -0.1) is 0 Å². The second-order valence-corrected chi connectivity index (χ2v) is 5.02. The molecule has 2 amide bonds. The monoisotopic (exact) mass is 353 g/mol. The molecule has 1 heterocycles. The molecule has 3 N–H and O–H groups in total. The van der Waals surface area contributed by atoms with E-state index in [0.29, 0.717) is 0 Å². The predicted molar refractivity (Wildman–Crippen MR) is 76.7 cm³/mol. The molecule has 23 heavy (non-hydrogen) atoms. The van der Waals surface area contributed by atoms with Gasteiger partial charge in [0.25, 0.3) is 11.8 Å². The van der Waals surface area contributed by atoms with Gasteiger partial charge in [-0.1, -0.05) is 24.3 Å². The van der Waals surface area contributed by atoms with Crippen LogP contribution in [0.1, 0.15) is 6.92 Å². The molecule has 0 unspecified atom stereocenters. The molecule has 1 aliphatic rings. The molecular formula is C13H15ClF3N3O3. The van der Waals surface area contributed by atoms with Crippen molar-refractivity contribution in [1.82, 2.24) is 10.4 Å². The molecule has 0 aromatic heterocycles. The molecule has 0 radical (unpaired) electrons. The summed E-state index contributed by atoms with van der Waals surface area (Å²) in [5.41, 5.74) is 5.68. The number of rotatable bonds is 5. The number of amides is 2. The van der Waals surface area contributed by atoms with Crippen molar-refractivity contribution in [2.24, 2.45) is 5.73 Å². The number of allylic oxidation sites excluding steroid dienone is 2. The summed E-state index contributed by atoms with van der Waals surface area (Å²) in [5.74, 6) is -1.81. The topological polar surface area (TPSA) is 84.7 Å². The number of nitrogens with zero attached hydrogens (tertiary/aromatic N) is 1. The second-order valence-electron chi connectivity index (χ2n) is 4.56. The number of nitrogens with one attached hydrogen (secondary N) is 1. The van der Waals surface area contributed by atoms with Crippen molar-refractivity contribution in [3.05, 3.63) is 35.0 Å². The Bertz CT molecular complexity index is 573. The van der Waals surface area contributed by atoms with Crippen LogP contribution in [-0.4, -0.2) is 42.2 Å². The number of nitrogens with two attached hydrogens (primary N) is 1. The summed E-state index contributed by atoms with van der Waals surface area (Å²) in [6.07, 6.45) is -1.87. The molecule has 0 aliphatic carbocycles. The molecule has 1 rings (SSSR count). The smallest absolute Gasteiger partial charge is 0.399 e. The normalized spacial score (nSPS) is 20.0. The number of hydrogen-bond acceptors (Lipinski definition) is 4. The number of halogens is 4. The molecule has 0 bridgehead atoms. The zero-order valence-corrected chi connectivity index (χ0v) is 12.9. The van der Waals surface area contributed by atoms with Crippen LogP contribution < -0.4 is 11.1 Å². The van der Waals surface area contributed by atoms with Gasteiger partial charge >= 0.3 is 6.18 Å². The van der Waals surface area contributed by atoms with Gasteiger partial charge in [-0.05, 0) is 13.0 Å². The van der Waals surface area contributed by atoms with E-state index < -0.39 is 37.2 Å². The number of carbonyl (C=O) groups excluding carboxylic acids is 2. The lowest BCUT2D eigenvalue weighted by atomic mass is 10.1. The lowest BCUT2D eigenvalue weighted by Crippen LogP contribution is -2.44. The molecule has 0 spiro atoms. The Morgan fingerprint density at radius 3 is 2.70 bits per heavy atom. The first-order valence-electron chi connectivity index (χ1n) is 6.35. The fourth-order valence-electron chi connectivity index (χ4n) is 1.62. The molecule has 1 aliphatic heterocycles. The third-order valence-electron chi connectivity index (χ3n) is 2.75. The maximum Gasteiger partial charge on any atom is 0.408 e. The Morgan fingerprint density at radius 2 is 2.22 bits per heavy atom. The molecule has 1 fully saturated rings. The van der Waals surface area contributed by atoms with E-state index in [2.05, 4.69) is 16.7 Å². The maximum absolute atomic E-state index is 12.3. The van der Waals surface area contributed by atoms with Crippen LogP contribution in [0.2, 0.25) is 0 Å². The summed E-state index contributed by atoms with van der Waals surface area (Å²) in [6, 6.07) is -1.25. The minimum absolute atomic E-state index is 0.107. The fourth-order valence-corrected chi connectivity index (χ4v) is 1.76. The molecule has 0 aromatic rings. The summed E-state index contributed by atoms with van der Waals surface area (Å²) in [5, 5.41) is 2.26. The minimum Gasteiger partial charge on any atom is -0.399 e. The minimum atomic E-state index is -4.61. The van der Waals surface area contributed by atoms with Gasteiger partial charge in [0.15, 0.2) is 0 Å². The standard InChI is InChI=1S/C13H15ClF3N3O3/c1-3-8(18)4-9(7(2)14)11(21)19-10-5-23-20(12(10)22)6-13(15,16)17/h3-4,10H,2,5-6,18H2,1H3,(H,19,21)/b8-3+,9-4+/t10-/m1/s1. The van der Waals surface area contributed by atoms with Crippen LogP contribution in [0.15, 0.2) is 35.0 Å². The van der Waals surface area contributed by atoms with Crippen molar-refractivity contribution in [2.45, 2.75) is 19.1 Å². The third-order valence-corrected chi connectivity index (χ3v) is 2.95. The summed E-state index contributed by atoms with van der Waals surface area (Å²) in [7, 11) is 0.